The van der Waals surface area contributed by atoms with Crippen LogP contribution in [0.15, 0.2) is 24.3 Å². The van der Waals surface area contributed by atoms with Gasteiger partial charge < -0.3 is 14.4 Å². The summed E-state index contributed by atoms with van der Waals surface area (Å²) in [7, 11) is 3.97. The van der Waals surface area contributed by atoms with Crippen LogP contribution in [-0.2, 0) is 4.74 Å². The number of likely N-dealkylation sites (N-methyl/N-ethyl adjacent to an activating group) is 1. The van der Waals surface area contributed by atoms with E-state index in [2.05, 4.69) is 0 Å². The van der Waals surface area contributed by atoms with Gasteiger partial charge in [-0.25, -0.2) is 0 Å². The van der Waals surface area contributed by atoms with Gasteiger partial charge in [0.2, 0.25) is 0 Å². The Hall–Kier alpha value is -1.66. The maximum absolute atomic E-state index is 10.4. The van der Waals surface area contributed by atoms with E-state index in [4.69, 9.17) is 9.47 Å². The minimum Gasteiger partial charge on any atom is -0.491 e. The second-order valence-electron chi connectivity index (χ2n) is 4.02. The molecular formula is C12H18N2O4. The number of nitrogens with zero attached hydrogens (tertiary/aromatic N) is 2. The Morgan fingerprint density at radius 2 is 1.83 bits per heavy atom. The Morgan fingerprint density at radius 3 is 2.39 bits per heavy atom. The first-order valence-electron chi connectivity index (χ1n) is 5.69. The first-order chi connectivity index (χ1) is 8.59. The highest BCUT2D eigenvalue weighted by molar-refractivity contribution is 5.35. The van der Waals surface area contributed by atoms with Crippen molar-refractivity contribution in [2.75, 3.05) is 40.5 Å². The Balaban J connectivity index is 2.17. The number of rotatable bonds is 8. The summed E-state index contributed by atoms with van der Waals surface area (Å²) < 4.78 is 10.7. The molecule has 0 unspecified atom stereocenters. The second kappa shape index (κ2) is 7.62. The van der Waals surface area contributed by atoms with Crippen LogP contribution in [0.3, 0.4) is 0 Å². The summed E-state index contributed by atoms with van der Waals surface area (Å²) >= 11 is 0. The minimum atomic E-state index is -0.436. The van der Waals surface area contributed by atoms with Crippen molar-refractivity contribution in [1.29, 1.82) is 0 Å². The van der Waals surface area contributed by atoms with Crippen LogP contribution >= 0.6 is 0 Å². The van der Waals surface area contributed by atoms with Crippen molar-refractivity contribution >= 4 is 5.69 Å². The van der Waals surface area contributed by atoms with E-state index >= 15 is 0 Å². The van der Waals surface area contributed by atoms with Crippen LogP contribution in [0.5, 0.6) is 5.75 Å². The van der Waals surface area contributed by atoms with Crippen LogP contribution in [-0.4, -0.2) is 50.3 Å². The quantitative estimate of drug-likeness (QED) is 0.400. The van der Waals surface area contributed by atoms with Crippen LogP contribution in [0.4, 0.5) is 5.69 Å². The molecule has 0 amide bonds. The van der Waals surface area contributed by atoms with Gasteiger partial charge in [-0.05, 0) is 26.2 Å². The fourth-order valence-electron chi connectivity index (χ4n) is 1.23. The van der Waals surface area contributed by atoms with Crippen LogP contribution < -0.4 is 4.74 Å². The summed E-state index contributed by atoms with van der Waals surface area (Å²) in [5.41, 5.74) is 0.0598. The SMILES string of the molecule is CN(C)CCOCCOc1ccc([N+](=O)[O-])cc1. The standard InChI is InChI=1S/C12H18N2O4/c1-13(2)7-8-17-9-10-18-12-5-3-11(4-6-12)14(15)16/h3-6H,7-10H2,1-2H3. The molecule has 0 aliphatic carbocycles. The van der Waals surface area contributed by atoms with E-state index in [9.17, 15) is 10.1 Å². The first-order valence-corrected chi connectivity index (χ1v) is 5.69. The van der Waals surface area contributed by atoms with E-state index in [1.807, 2.05) is 19.0 Å². The predicted molar refractivity (Wildman–Crippen MR) is 68.0 cm³/mol. The summed E-state index contributed by atoms with van der Waals surface area (Å²) in [6.45, 7) is 2.48. The molecule has 0 saturated heterocycles. The third kappa shape index (κ3) is 5.60. The van der Waals surface area contributed by atoms with E-state index in [1.165, 1.54) is 12.1 Å². The highest BCUT2D eigenvalue weighted by Crippen LogP contribution is 2.16. The maximum atomic E-state index is 10.4. The summed E-state index contributed by atoms with van der Waals surface area (Å²) in [4.78, 5) is 12.0. The van der Waals surface area contributed by atoms with Gasteiger partial charge >= 0.3 is 0 Å². The minimum absolute atomic E-state index is 0.0598. The zero-order valence-electron chi connectivity index (χ0n) is 10.7. The van der Waals surface area contributed by atoms with E-state index < -0.39 is 4.92 Å². The average Bonchev–Trinajstić information content (AvgIpc) is 2.34. The second-order valence-corrected chi connectivity index (χ2v) is 4.02. The Bertz CT molecular complexity index is 365. The lowest BCUT2D eigenvalue weighted by molar-refractivity contribution is -0.384. The molecular weight excluding hydrogens is 236 g/mol. The van der Waals surface area contributed by atoms with Gasteiger partial charge in [-0.3, -0.25) is 10.1 Å². The number of benzene rings is 1. The molecule has 100 valence electrons. The molecule has 0 aliphatic rings. The fraction of sp³-hybridized carbons (Fsp3) is 0.500. The van der Waals surface area contributed by atoms with Crippen molar-refractivity contribution in [1.82, 2.24) is 4.90 Å². The number of hydrogen-bond acceptors (Lipinski definition) is 5. The molecule has 1 aromatic carbocycles. The average molecular weight is 254 g/mol. The van der Waals surface area contributed by atoms with E-state index in [0.29, 0.717) is 25.6 Å². The molecule has 0 spiro atoms. The normalized spacial score (nSPS) is 10.6. The van der Waals surface area contributed by atoms with Crippen molar-refractivity contribution in [3.05, 3.63) is 34.4 Å². The summed E-state index contributed by atoms with van der Waals surface area (Å²) in [5, 5.41) is 10.4. The van der Waals surface area contributed by atoms with E-state index in [0.717, 1.165) is 6.54 Å². The van der Waals surface area contributed by atoms with Crippen LogP contribution in [0.1, 0.15) is 0 Å². The summed E-state index contributed by atoms with van der Waals surface area (Å²) in [5.74, 6) is 0.608. The monoisotopic (exact) mass is 254 g/mol. The van der Waals surface area contributed by atoms with Gasteiger partial charge in [-0.1, -0.05) is 0 Å². The van der Waals surface area contributed by atoms with Crippen LogP contribution in [0.25, 0.3) is 0 Å². The molecule has 0 N–H and O–H groups in total. The molecule has 0 fully saturated rings. The molecule has 0 aromatic heterocycles. The van der Waals surface area contributed by atoms with Gasteiger partial charge in [0.1, 0.15) is 12.4 Å². The van der Waals surface area contributed by atoms with Crippen molar-refractivity contribution < 1.29 is 14.4 Å². The largest absolute Gasteiger partial charge is 0.491 e. The smallest absolute Gasteiger partial charge is 0.269 e. The molecule has 0 radical (unpaired) electrons. The summed E-state index contributed by atoms with van der Waals surface area (Å²) in [6, 6.07) is 6.00. The van der Waals surface area contributed by atoms with Gasteiger partial charge in [0.25, 0.3) is 5.69 Å². The van der Waals surface area contributed by atoms with Gasteiger partial charge in [0.15, 0.2) is 0 Å². The molecule has 0 aliphatic heterocycles. The van der Waals surface area contributed by atoms with Crippen molar-refractivity contribution in [2.24, 2.45) is 0 Å². The lowest BCUT2D eigenvalue weighted by atomic mass is 10.3. The van der Waals surface area contributed by atoms with Crippen molar-refractivity contribution in [2.45, 2.75) is 0 Å². The number of nitro groups is 1. The number of nitro benzene ring substituents is 1. The van der Waals surface area contributed by atoms with E-state index in [1.54, 1.807) is 12.1 Å². The highest BCUT2D eigenvalue weighted by atomic mass is 16.6. The van der Waals surface area contributed by atoms with Gasteiger partial charge in [0, 0.05) is 18.7 Å². The Labute approximate surface area is 106 Å². The molecule has 18 heavy (non-hydrogen) atoms. The van der Waals surface area contributed by atoms with Crippen molar-refractivity contribution in [3.63, 3.8) is 0 Å². The molecule has 1 aromatic rings. The first kappa shape index (κ1) is 14.4. The van der Waals surface area contributed by atoms with Gasteiger partial charge in [-0.15, -0.1) is 0 Å². The topological polar surface area (TPSA) is 64.8 Å². The van der Waals surface area contributed by atoms with E-state index in [-0.39, 0.29) is 5.69 Å². The molecule has 0 heterocycles. The van der Waals surface area contributed by atoms with Crippen molar-refractivity contribution in [3.8, 4) is 5.75 Å². The molecule has 6 nitrogen and oxygen atoms in total. The molecule has 0 bridgehead atoms. The third-order valence-electron chi connectivity index (χ3n) is 2.23. The zero-order chi connectivity index (χ0) is 13.4. The van der Waals surface area contributed by atoms with Crippen LogP contribution in [0.2, 0.25) is 0 Å². The molecule has 1 rings (SSSR count). The lowest BCUT2D eigenvalue weighted by Gasteiger charge is -2.10. The maximum Gasteiger partial charge on any atom is 0.269 e. The number of non-ortho nitro benzene ring substituents is 1. The Kier molecular flexibility index (Phi) is 6.10. The van der Waals surface area contributed by atoms with Gasteiger partial charge in [-0.2, -0.15) is 0 Å². The third-order valence-corrected chi connectivity index (χ3v) is 2.23. The lowest BCUT2D eigenvalue weighted by Crippen LogP contribution is -2.19. The fourth-order valence-corrected chi connectivity index (χ4v) is 1.23. The van der Waals surface area contributed by atoms with Gasteiger partial charge in [0.05, 0.1) is 18.1 Å². The molecule has 0 atom stereocenters. The Morgan fingerprint density at radius 1 is 1.17 bits per heavy atom. The molecule has 6 heteroatoms. The van der Waals surface area contributed by atoms with Crippen LogP contribution in [0, 0.1) is 10.1 Å². The predicted octanol–water partition coefficient (Wildman–Crippen LogP) is 1.55. The highest BCUT2D eigenvalue weighted by Gasteiger charge is 2.03. The number of ether oxygens (including phenoxy) is 2. The number of hydrogen-bond donors (Lipinski definition) is 0. The zero-order valence-corrected chi connectivity index (χ0v) is 10.7. The molecule has 0 saturated carbocycles. The summed E-state index contributed by atoms with van der Waals surface area (Å²) in [6.07, 6.45) is 0.